The van der Waals surface area contributed by atoms with Gasteiger partial charge in [-0.25, -0.2) is 0 Å². The van der Waals surface area contributed by atoms with E-state index in [-0.39, 0.29) is 0 Å². The molecular formula is C14H22O. The number of methoxy groups -OCH3 is 1. The highest BCUT2D eigenvalue weighted by Crippen LogP contribution is 2.51. The first-order valence-electron chi connectivity index (χ1n) is 5.99. The maximum Gasteiger partial charge on any atom is 0.122 e. The molecule has 2 atom stereocenters. The van der Waals surface area contributed by atoms with E-state index in [1.54, 1.807) is 7.11 Å². The average molecular weight is 206 g/mol. The van der Waals surface area contributed by atoms with Crippen LogP contribution in [0.4, 0.5) is 0 Å². The first kappa shape index (κ1) is 12.1. The predicted octanol–water partition coefficient (Wildman–Crippen LogP) is 4.23. The summed E-state index contributed by atoms with van der Waals surface area (Å²) < 4.78 is 5.34. The molecule has 1 aromatic rings. The molecule has 15 heavy (non-hydrogen) atoms. The van der Waals surface area contributed by atoms with Crippen molar-refractivity contribution in [1.29, 1.82) is 0 Å². The van der Waals surface area contributed by atoms with Crippen LogP contribution in [-0.4, -0.2) is 7.11 Å². The Balaban J connectivity index is 0.000000531. The zero-order valence-electron chi connectivity index (χ0n) is 10.3. The molecule has 0 amide bonds. The molecule has 0 aliphatic heterocycles. The normalized spacial score (nSPS) is 22.7. The lowest BCUT2D eigenvalue weighted by molar-refractivity contribution is 0.409. The van der Waals surface area contributed by atoms with Gasteiger partial charge in [-0.15, -0.1) is 0 Å². The van der Waals surface area contributed by atoms with Gasteiger partial charge in [-0.3, -0.25) is 0 Å². The second-order valence-corrected chi connectivity index (χ2v) is 3.75. The first-order valence-corrected chi connectivity index (χ1v) is 5.99. The summed E-state index contributed by atoms with van der Waals surface area (Å²) in [6, 6.07) is 8.38. The smallest absolute Gasteiger partial charge is 0.122 e. The molecule has 1 fully saturated rings. The summed E-state index contributed by atoms with van der Waals surface area (Å²) in [5.74, 6) is 2.72. The van der Waals surface area contributed by atoms with E-state index in [2.05, 4.69) is 25.1 Å². The van der Waals surface area contributed by atoms with Crippen LogP contribution in [0.2, 0.25) is 0 Å². The lowest BCUT2D eigenvalue weighted by atomic mass is 10.1. The van der Waals surface area contributed by atoms with E-state index in [0.717, 1.165) is 17.6 Å². The van der Waals surface area contributed by atoms with E-state index in [0.29, 0.717) is 0 Å². The van der Waals surface area contributed by atoms with E-state index in [9.17, 15) is 0 Å². The minimum absolute atomic E-state index is 0.765. The van der Waals surface area contributed by atoms with Crippen LogP contribution in [0.3, 0.4) is 0 Å². The second-order valence-electron chi connectivity index (χ2n) is 3.75. The molecule has 0 spiro atoms. The third-order valence-electron chi connectivity index (χ3n) is 2.99. The van der Waals surface area contributed by atoms with Crippen LogP contribution < -0.4 is 4.74 Å². The maximum atomic E-state index is 5.34. The molecule has 2 unspecified atom stereocenters. The van der Waals surface area contributed by atoms with Gasteiger partial charge in [-0.2, -0.15) is 0 Å². The third-order valence-corrected chi connectivity index (χ3v) is 2.99. The van der Waals surface area contributed by atoms with Crippen LogP contribution in [0.5, 0.6) is 5.75 Å². The van der Waals surface area contributed by atoms with Crippen LogP contribution in [0.1, 0.15) is 45.1 Å². The molecule has 0 saturated heterocycles. The molecule has 1 aromatic carbocycles. The molecule has 1 saturated carbocycles. The molecule has 0 bridgehead atoms. The van der Waals surface area contributed by atoms with E-state index in [1.165, 1.54) is 18.4 Å². The molecule has 0 heterocycles. The van der Waals surface area contributed by atoms with Gasteiger partial charge in [0, 0.05) is 0 Å². The van der Waals surface area contributed by atoms with Gasteiger partial charge < -0.3 is 4.74 Å². The van der Waals surface area contributed by atoms with E-state index in [1.807, 2.05) is 19.9 Å². The lowest BCUT2D eigenvalue weighted by Gasteiger charge is -2.06. The Kier molecular flexibility index (Phi) is 4.67. The van der Waals surface area contributed by atoms with Crippen molar-refractivity contribution >= 4 is 0 Å². The number of hydrogen-bond acceptors (Lipinski definition) is 1. The number of ether oxygens (including phenoxy) is 1. The van der Waals surface area contributed by atoms with E-state index in [4.69, 9.17) is 4.74 Å². The summed E-state index contributed by atoms with van der Waals surface area (Å²) in [4.78, 5) is 0. The zero-order chi connectivity index (χ0) is 11.3. The highest BCUT2D eigenvalue weighted by atomic mass is 16.5. The third kappa shape index (κ3) is 2.74. The Bertz CT molecular complexity index is 293. The lowest BCUT2D eigenvalue weighted by Crippen LogP contribution is -1.90. The van der Waals surface area contributed by atoms with Crippen molar-refractivity contribution in [3.8, 4) is 5.75 Å². The Hall–Kier alpha value is -0.980. The highest BCUT2D eigenvalue weighted by molar-refractivity contribution is 5.39. The van der Waals surface area contributed by atoms with Crippen molar-refractivity contribution in [3.05, 3.63) is 29.8 Å². The van der Waals surface area contributed by atoms with Crippen molar-refractivity contribution in [2.75, 3.05) is 7.11 Å². The minimum Gasteiger partial charge on any atom is -0.496 e. The fraction of sp³-hybridized carbons (Fsp3) is 0.571. The van der Waals surface area contributed by atoms with Gasteiger partial charge in [0.25, 0.3) is 0 Å². The van der Waals surface area contributed by atoms with Gasteiger partial charge in [0.05, 0.1) is 7.11 Å². The standard InChI is InChI=1S/C12H16O.C2H6/c1-3-9-8-11(9)10-6-4-5-7-12(10)13-2;1-2/h4-7,9,11H,3,8H2,1-2H3;1-2H3. The van der Waals surface area contributed by atoms with Crippen molar-refractivity contribution in [2.24, 2.45) is 5.92 Å². The fourth-order valence-electron chi connectivity index (χ4n) is 2.05. The zero-order valence-corrected chi connectivity index (χ0v) is 10.3. The molecule has 0 aromatic heterocycles. The molecule has 84 valence electrons. The molecule has 1 heteroatoms. The summed E-state index contributed by atoms with van der Waals surface area (Å²) >= 11 is 0. The SMILES string of the molecule is CC.CCC1CC1c1ccccc1OC. The summed E-state index contributed by atoms with van der Waals surface area (Å²) in [5.41, 5.74) is 1.40. The number of para-hydroxylation sites is 1. The fourth-order valence-corrected chi connectivity index (χ4v) is 2.05. The van der Waals surface area contributed by atoms with Gasteiger partial charge in [-0.05, 0) is 29.9 Å². The maximum absolute atomic E-state index is 5.34. The van der Waals surface area contributed by atoms with Crippen molar-refractivity contribution in [2.45, 2.75) is 39.5 Å². The van der Waals surface area contributed by atoms with Crippen molar-refractivity contribution < 1.29 is 4.74 Å². The predicted molar refractivity (Wildman–Crippen MR) is 65.5 cm³/mol. The quantitative estimate of drug-likeness (QED) is 0.719. The van der Waals surface area contributed by atoms with Crippen LogP contribution in [0, 0.1) is 5.92 Å². The molecule has 1 aliphatic carbocycles. The Morgan fingerprint density at radius 1 is 1.27 bits per heavy atom. The van der Waals surface area contributed by atoms with Crippen LogP contribution >= 0.6 is 0 Å². The van der Waals surface area contributed by atoms with E-state index < -0.39 is 0 Å². The highest BCUT2D eigenvalue weighted by Gasteiger charge is 2.37. The van der Waals surface area contributed by atoms with Gasteiger partial charge in [-0.1, -0.05) is 45.4 Å². The largest absolute Gasteiger partial charge is 0.496 e. The Labute approximate surface area is 93.5 Å². The van der Waals surface area contributed by atoms with Crippen molar-refractivity contribution in [3.63, 3.8) is 0 Å². The van der Waals surface area contributed by atoms with Gasteiger partial charge in [0.1, 0.15) is 5.75 Å². The van der Waals surface area contributed by atoms with Gasteiger partial charge in [0.2, 0.25) is 0 Å². The molecule has 1 aliphatic rings. The average Bonchev–Trinajstić information content (AvgIpc) is 3.11. The Morgan fingerprint density at radius 3 is 2.47 bits per heavy atom. The summed E-state index contributed by atoms with van der Waals surface area (Å²) in [6.45, 7) is 6.26. The van der Waals surface area contributed by atoms with Crippen LogP contribution in [0.15, 0.2) is 24.3 Å². The van der Waals surface area contributed by atoms with E-state index >= 15 is 0 Å². The summed E-state index contributed by atoms with van der Waals surface area (Å²) in [6.07, 6.45) is 2.64. The van der Waals surface area contributed by atoms with Gasteiger partial charge >= 0.3 is 0 Å². The van der Waals surface area contributed by atoms with Crippen LogP contribution in [0.25, 0.3) is 0 Å². The Morgan fingerprint density at radius 2 is 1.93 bits per heavy atom. The molecular weight excluding hydrogens is 184 g/mol. The van der Waals surface area contributed by atoms with Crippen molar-refractivity contribution in [1.82, 2.24) is 0 Å². The molecule has 0 N–H and O–H groups in total. The molecule has 2 rings (SSSR count). The molecule has 1 nitrogen and oxygen atoms in total. The monoisotopic (exact) mass is 206 g/mol. The minimum atomic E-state index is 0.765. The number of rotatable bonds is 3. The second kappa shape index (κ2) is 5.79. The summed E-state index contributed by atoms with van der Waals surface area (Å²) in [5, 5.41) is 0. The van der Waals surface area contributed by atoms with Crippen LogP contribution in [-0.2, 0) is 0 Å². The molecule has 0 radical (unpaired) electrons. The first-order chi connectivity index (χ1) is 7.36. The van der Waals surface area contributed by atoms with Gasteiger partial charge in [0.15, 0.2) is 0 Å². The topological polar surface area (TPSA) is 9.23 Å². The number of benzene rings is 1. The number of hydrogen-bond donors (Lipinski definition) is 0. The summed E-state index contributed by atoms with van der Waals surface area (Å²) in [7, 11) is 1.75.